The Balaban J connectivity index is 1.41. The molecule has 13 heteroatoms. The van der Waals surface area contributed by atoms with Crippen LogP contribution < -0.4 is 16.1 Å². The third-order valence-corrected chi connectivity index (χ3v) is 7.34. The number of likely N-dealkylation sites (tertiary alicyclic amines) is 1. The monoisotopic (exact) mass is 532 g/mol. The lowest BCUT2D eigenvalue weighted by molar-refractivity contribution is -0.140. The number of fused-ring (bicyclic) bond motifs is 3. The number of morpholine rings is 1. The maximum Gasteiger partial charge on any atom is 0.329 e. The number of H-pyrrole nitrogens is 1. The zero-order valence-electron chi connectivity index (χ0n) is 21.4. The van der Waals surface area contributed by atoms with Crippen molar-refractivity contribution in [2.45, 2.75) is 31.9 Å². The number of aromatic nitrogens is 6. The fourth-order valence-corrected chi connectivity index (χ4v) is 5.29. The Kier molecular flexibility index (Phi) is 6.53. The number of hydrogen-bond acceptors (Lipinski definition) is 10. The molecule has 39 heavy (non-hydrogen) atoms. The number of rotatable bonds is 4. The summed E-state index contributed by atoms with van der Waals surface area (Å²) in [5.41, 5.74) is 1.57. The molecule has 0 radical (unpaired) electrons. The summed E-state index contributed by atoms with van der Waals surface area (Å²) in [5.74, 6) is 0.283. The summed E-state index contributed by atoms with van der Waals surface area (Å²) < 4.78 is 6.97. The second-order valence-electron chi connectivity index (χ2n) is 9.82. The minimum absolute atomic E-state index is 0.258. The number of piperidine rings is 1. The molecule has 0 saturated carbocycles. The molecule has 4 aromatic heterocycles. The zero-order valence-corrected chi connectivity index (χ0v) is 21.4. The molecule has 0 spiro atoms. The van der Waals surface area contributed by atoms with Crippen LogP contribution in [0.5, 0.6) is 0 Å². The molecule has 6 heterocycles. The highest BCUT2D eigenvalue weighted by molar-refractivity contribution is 6.01. The number of pyridine rings is 2. The standard InChI is InChI=1S/C26H28N8O5/c1-15(35)24(37)32-6-4-17(5-7-32)34-22-18(23(36)31-26(34)38)14-27-20-3-2-19(30-21(20)22)16-12-28-25(29-13-16)33-8-10-39-11-9-33/h2-3,12-15,17,35H,4-11H2,1H3,(H,31,36,38). The summed E-state index contributed by atoms with van der Waals surface area (Å²) in [7, 11) is 0. The molecule has 0 aromatic carbocycles. The van der Waals surface area contributed by atoms with Gasteiger partial charge >= 0.3 is 5.69 Å². The van der Waals surface area contributed by atoms with Crippen molar-refractivity contribution < 1.29 is 14.6 Å². The predicted octanol–water partition coefficient (Wildman–Crippen LogP) is 0.471. The van der Waals surface area contributed by atoms with Crippen LogP contribution in [0.2, 0.25) is 0 Å². The number of nitrogens with zero attached hydrogens (tertiary/aromatic N) is 7. The van der Waals surface area contributed by atoms with Gasteiger partial charge in [-0.3, -0.25) is 24.1 Å². The van der Waals surface area contributed by atoms with Crippen molar-refractivity contribution in [2.75, 3.05) is 44.3 Å². The number of hydrogen-bond donors (Lipinski definition) is 2. The number of ether oxygens (including phenoxy) is 1. The molecule has 1 atom stereocenters. The largest absolute Gasteiger partial charge is 0.384 e. The SMILES string of the molecule is CC(O)C(=O)N1CCC(n2c(=O)[nH]c(=O)c3cnc4ccc(-c5cnc(N6CCOCC6)nc5)nc4c32)CC1. The first-order chi connectivity index (χ1) is 18.9. The van der Waals surface area contributed by atoms with Crippen LogP contribution in [0.1, 0.15) is 25.8 Å². The molecule has 1 unspecified atom stereocenters. The number of anilines is 1. The summed E-state index contributed by atoms with van der Waals surface area (Å²) in [6, 6.07) is 3.33. The van der Waals surface area contributed by atoms with Gasteiger partial charge in [0.25, 0.3) is 11.5 Å². The number of aliphatic hydroxyl groups is 1. The smallest absolute Gasteiger partial charge is 0.329 e. The van der Waals surface area contributed by atoms with Gasteiger partial charge in [-0.25, -0.2) is 19.7 Å². The van der Waals surface area contributed by atoms with Crippen LogP contribution in [0.15, 0.2) is 40.3 Å². The van der Waals surface area contributed by atoms with E-state index in [9.17, 15) is 19.5 Å². The van der Waals surface area contributed by atoms with Gasteiger partial charge in [0.2, 0.25) is 5.95 Å². The van der Waals surface area contributed by atoms with Gasteiger partial charge in [-0.05, 0) is 31.9 Å². The molecule has 1 amide bonds. The van der Waals surface area contributed by atoms with Crippen molar-refractivity contribution in [2.24, 2.45) is 0 Å². The van der Waals surface area contributed by atoms with E-state index in [0.717, 1.165) is 13.1 Å². The first-order valence-electron chi connectivity index (χ1n) is 13.0. The molecule has 0 aliphatic carbocycles. The molecule has 202 valence electrons. The summed E-state index contributed by atoms with van der Waals surface area (Å²) in [4.78, 5) is 62.6. The summed E-state index contributed by atoms with van der Waals surface area (Å²) >= 11 is 0. The Labute approximate surface area is 222 Å². The maximum absolute atomic E-state index is 13.2. The second kappa shape index (κ2) is 10.2. The molecule has 4 aromatic rings. The van der Waals surface area contributed by atoms with E-state index in [1.807, 2.05) is 6.07 Å². The van der Waals surface area contributed by atoms with Crippen LogP contribution in [-0.4, -0.2) is 90.9 Å². The Bertz CT molecular complexity index is 1650. The topological polar surface area (TPSA) is 159 Å². The van der Waals surface area contributed by atoms with Crippen molar-refractivity contribution in [3.63, 3.8) is 0 Å². The Morgan fingerprint density at radius 2 is 1.77 bits per heavy atom. The van der Waals surface area contributed by atoms with Crippen molar-refractivity contribution in [3.05, 3.63) is 51.6 Å². The zero-order chi connectivity index (χ0) is 27.1. The molecule has 2 aliphatic heterocycles. The number of carbonyl (C=O) groups is 1. The van der Waals surface area contributed by atoms with Gasteiger partial charge in [0.15, 0.2) is 0 Å². The first-order valence-corrected chi connectivity index (χ1v) is 13.0. The van der Waals surface area contributed by atoms with Crippen molar-refractivity contribution in [3.8, 4) is 11.3 Å². The Morgan fingerprint density at radius 1 is 1.05 bits per heavy atom. The van der Waals surface area contributed by atoms with Crippen LogP contribution in [0.3, 0.4) is 0 Å². The molecule has 2 aliphatic rings. The minimum atomic E-state index is -1.08. The van der Waals surface area contributed by atoms with Gasteiger partial charge in [-0.15, -0.1) is 0 Å². The number of nitrogens with one attached hydrogen (secondary N) is 1. The van der Waals surface area contributed by atoms with Crippen LogP contribution in [0.4, 0.5) is 5.95 Å². The molecular weight excluding hydrogens is 504 g/mol. The lowest BCUT2D eigenvalue weighted by atomic mass is 10.0. The minimum Gasteiger partial charge on any atom is -0.384 e. The van der Waals surface area contributed by atoms with Crippen molar-refractivity contribution in [1.29, 1.82) is 0 Å². The van der Waals surface area contributed by atoms with Gasteiger partial charge in [-0.1, -0.05) is 0 Å². The van der Waals surface area contributed by atoms with Gasteiger partial charge < -0.3 is 19.6 Å². The third kappa shape index (κ3) is 4.63. The highest BCUT2D eigenvalue weighted by atomic mass is 16.5. The number of aromatic amines is 1. The predicted molar refractivity (Wildman–Crippen MR) is 143 cm³/mol. The van der Waals surface area contributed by atoms with Crippen LogP contribution in [0, 0.1) is 0 Å². The fraction of sp³-hybridized carbons (Fsp3) is 0.423. The molecule has 2 saturated heterocycles. The van der Waals surface area contributed by atoms with Gasteiger partial charge in [0, 0.05) is 56.4 Å². The molecule has 2 N–H and O–H groups in total. The molecule has 2 fully saturated rings. The van der Waals surface area contributed by atoms with Crippen LogP contribution in [-0.2, 0) is 9.53 Å². The average Bonchev–Trinajstić information content (AvgIpc) is 2.97. The molecule has 13 nitrogen and oxygen atoms in total. The number of carbonyl (C=O) groups excluding carboxylic acids is 1. The first kappa shape index (κ1) is 25.1. The Hall–Kier alpha value is -4.23. The van der Waals surface area contributed by atoms with Crippen LogP contribution in [0.25, 0.3) is 33.2 Å². The average molecular weight is 533 g/mol. The normalized spacial score (nSPS) is 17.6. The quantitative estimate of drug-likeness (QED) is 0.354. The van der Waals surface area contributed by atoms with Crippen LogP contribution >= 0.6 is 0 Å². The maximum atomic E-state index is 13.2. The second-order valence-corrected chi connectivity index (χ2v) is 9.82. The number of aliphatic hydroxyl groups excluding tert-OH is 1. The van der Waals surface area contributed by atoms with Gasteiger partial charge in [0.05, 0.1) is 35.3 Å². The molecule has 0 bridgehead atoms. The molecular formula is C26H28N8O5. The lowest BCUT2D eigenvalue weighted by Gasteiger charge is -2.34. The summed E-state index contributed by atoms with van der Waals surface area (Å²) in [6.45, 7) is 4.93. The van der Waals surface area contributed by atoms with Crippen molar-refractivity contribution >= 4 is 33.8 Å². The third-order valence-electron chi connectivity index (χ3n) is 7.34. The van der Waals surface area contributed by atoms with E-state index in [1.165, 1.54) is 13.1 Å². The number of amides is 1. The van der Waals surface area contributed by atoms with E-state index >= 15 is 0 Å². The van der Waals surface area contributed by atoms with E-state index in [2.05, 4.69) is 24.8 Å². The highest BCUT2D eigenvalue weighted by Gasteiger charge is 2.28. The Morgan fingerprint density at radius 3 is 2.46 bits per heavy atom. The lowest BCUT2D eigenvalue weighted by Crippen LogP contribution is -2.45. The van der Waals surface area contributed by atoms with E-state index < -0.39 is 17.4 Å². The van der Waals surface area contributed by atoms with E-state index in [1.54, 1.807) is 27.9 Å². The van der Waals surface area contributed by atoms with E-state index in [-0.39, 0.29) is 17.3 Å². The van der Waals surface area contributed by atoms with Crippen molar-refractivity contribution in [1.82, 2.24) is 34.4 Å². The van der Waals surface area contributed by atoms with E-state index in [4.69, 9.17) is 9.72 Å². The van der Waals surface area contributed by atoms with Gasteiger partial charge in [0.1, 0.15) is 11.6 Å². The highest BCUT2D eigenvalue weighted by Crippen LogP contribution is 2.29. The fourth-order valence-electron chi connectivity index (χ4n) is 5.29. The van der Waals surface area contributed by atoms with Gasteiger partial charge in [-0.2, -0.15) is 0 Å². The van der Waals surface area contributed by atoms with E-state index in [0.29, 0.717) is 72.9 Å². The summed E-state index contributed by atoms with van der Waals surface area (Å²) in [5, 5.41) is 9.93. The summed E-state index contributed by atoms with van der Waals surface area (Å²) in [6.07, 6.45) is 4.76. The molecule has 6 rings (SSSR count).